The number of benzene rings is 1. The third kappa shape index (κ3) is 6.34. The second kappa shape index (κ2) is 9.80. The van der Waals surface area contributed by atoms with Gasteiger partial charge < -0.3 is 15.5 Å². The third-order valence-electron chi connectivity index (χ3n) is 4.22. The molecule has 0 bridgehead atoms. The first-order valence-corrected chi connectivity index (χ1v) is 8.16. The summed E-state index contributed by atoms with van der Waals surface area (Å²) in [7, 11) is 0. The Kier molecular flexibility index (Phi) is 8.42. The average Bonchev–Trinajstić information content (AvgIpc) is 3.30. The molecule has 1 heterocycles. The molecule has 1 aromatic carbocycles. The first-order chi connectivity index (χ1) is 11.1. The number of aromatic nitrogens is 1. The molecule has 1 saturated carbocycles. The number of nitrogens with zero attached hydrogens (tertiary/aromatic N) is 1. The van der Waals surface area contributed by atoms with E-state index in [9.17, 15) is 4.79 Å². The van der Waals surface area contributed by atoms with E-state index in [4.69, 9.17) is 10.2 Å². The molecule has 7 heteroatoms. The van der Waals surface area contributed by atoms with Gasteiger partial charge in [0, 0.05) is 31.0 Å². The Morgan fingerprint density at radius 2 is 2.00 bits per heavy atom. The van der Waals surface area contributed by atoms with Crippen LogP contribution in [0.5, 0.6) is 0 Å². The van der Waals surface area contributed by atoms with Gasteiger partial charge in [-0.25, -0.2) is 4.98 Å². The summed E-state index contributed by atoms with van der Waals surface area (Å²) >= 11 is 0. The predicted molar refractivity (Wildman–Crippen MR) is 103 cm³/mol. The maximum Gasteiger partial charge on any atom is 0.220 e. The van der Waals surface area contributed by atoms with Crippen LogP contribution in [0.3, 0.4) is 0 Å². The zero-order valence-corrected chi connectivity index (χ0v) is 15.9. The van der Waals surface area contributed by atoms with Crippen molar-refractivity contribution in [2.24, 2.45) is 11.7 Å². The number of hydrogen-bond acceptors (Lipinski definition) is 4. The molecule has 1 aliphatic carbocycles. The lowest BCUT2D eigenvalue weighted by molar-refractivity contribution is -0.121. The van der Waals surface area contributed by atoms with Gasteiger partial charge in [-0.2, -0.15) is 0 Å². The maximum atomic E-state index is 11.8. The van der Waals surface area contributed by atoms with Crippen molar-refractivity contribution in [3.63, 3.8) is 0 Å². The molecule has 25 heavy (non-hydrogen) atoms. The Morgan fingerprint density at radius 3 is 2.64 bits per heavy atom. The number of amides is 1. The zero-order valence-electron chi connectivity index (χ0n) is 14.2. The van der Waals surface area contributed by atoms with Crippen molar-refractivity contribution >= 4 is 30.7 Å². The van der Waals surface area contributed by atoms with Crippen LogP contribution < -0.4 is 11.1 Å². The Morgan fingerprint density at radius 1 is 1.32 bits per heavy atom. The van der Waals surface area contributed by atoms with E-state index in [1.807, 2.05) is 31.2 Å². The van der Waals surface area contributed by atoms with E-state index >= 15 is 0 Å². The summed E-state index contributed by atoms with van der Waals surface area (Å²) in [6, 6.07) is 8.17. The molecule has 5 nitrogen and oxygen atoms in total. The second-order valence-electron chi connectivity index (χ2n) is 6.29. The molecule has 0 aliphatic heterocycles. The predicted octanol–water partition coefficient (Wildman–Crippen LogP) is 3.28. The Bertz CT molecular complexity index is 669. The van der Waals surface area contributed by atoms with Crippen LogP contribution in [0, 0.1) is 12.8 Å². The summed E-state index contributed by atoms with van der Waals surface area (Å²) in [5.41, 5.74) is 8.17. The lowest BCUT2D eigenvalue weighted by atomic mass is 10.1. The van der Waals surface area contributed by atoms with Crippen LogP contribution in [0.25, 0.3) is 11.3 Å². The quantitative estimate of drug-likeness (QED) is 0.765. The fourth-order valence-corrected chi connectivity index (χ4v) is 2.51. The van der Waals surface area contributed by atoms with Crippen LogP contribution in [0.1, 0.15) is 30.7 Å². The molecule has 1 amide bonds. The number of halogens is 2. The van der Waals surface area contributed by atoms with E-state index in [1.165, 1.54) is 18.4 Å². The van der Waals surface area contributed by atoms with Crippen LogP contribution in [0.2, 0.25) is 0 Å². The SMILES string of the molecule is Cc1ccc(-c2cnc(CCC(=O)NCC(N)C3CC3)o2)cc1.Cl.Cl. The van der Waals surface area contributed by atoms with Crippen molar-refractivity contribution in [1.82, 2.24) is 10.3 Å². The Balaban J connectivity index is 0.00000156. The molecule has 3 rings (SSSR count). The molecule has 3 N–H and O–H groups in total. The fraction of sp³-hybridized carbons (Fsp3) is 0.444. The average molecular weight is 386 g/mol. The highest BCUT2D eigenvalue weighted by Gasteiger charge is 2.28. The number of nitrogens with one attached hydrogen (secondary N) is 1. The number of carbonyl (C=O) groups is 1. The Labute approximate surface area is 160 Å². The lowest BCUT2D eigenvalue weighted by Gasteiger charge is -2.10. The van der Waals surface area contributed by atoms with Crippen LogP contribution in [-0.2, 0) is 11.2 Å². The number of carbonyl (C=O) groups excluding carboxylic acids is 1. The summed E-state index contributed by atoms with van der Waals surface area (Å²) in [5, 5.41) is 2.89. The highest BCUT2D eigenvalue weighted by molar-refractivity contribution is 5.85. The smallest absolute Gasteiger partial charge is 0.220 e. The number of oxazole rings is 1. The van der Waals surface area contributed by atoms with Gasteiger partial charge >= 0.3 is 0 Å². The summed E-state index contributed by atoms with van der Waals surface area (Å²) < 4.78 is 5.72. The van der Waals surface area contributed by atoms with Crippen molar-refractivity contribution < 1.29 is 9.21 Å². The first kappa shape index (κ1) is 21.5. The van der Waals surface area contributed by atoms with Crippen molar-refractivity contribution in [2.45, 2.75) is 38.6 Å². The fourth-order valence-electron chi connectivity index (χ4n) is 2.51. The van der Waals surface area contributed by atoms with Gasteiger partial charge in [-0.15, -0.1) is 24.8 Å². The van der Waals surface area contributed by atoms with Gasteiger partial charge in [0.05, 0.1) is 6.20 Å². The largest absolute Gasteiger partial charge is 0.441 e. The molecular weight excluding hydrogens is 361 g/mol. The second-order valence-corrected chi connectivity index (χ2v) is 6.29. The maximum absolute atomic E-state index is 11.8. The van der Waals surface area contributed by atoms with Crippen LogP contribution >= 0.6 is 24.8 Å². The normalized spacial score (nSPS) is 14.2. The molecule has 138 valence electrons. The number of rotatable bonds is 7. The van der Waals surface area contributed by atoms with E-state index in [1.54, 1.807) is 6.20 Å². The monoisotopic (exact) mass is 385 g/mol. The van der Waals surface area contributed by atoms with E-state index in [-0.39, 0.29) is 36.8 Å². The summed E-state index contributed by atoms with van der Waals surface area (Å²) in [6.45, 7) is 2.60. The minimum absolute atomic E-state index is 0. The summed E-state index contributed by atoms with van der Waals surface area (Å²) in [5.74, 6) is 1.91. The van der Waals surface area contributed by atoms with Crippen LogP contribution in [0.4, 0.5) is 0 Å². The van der Waals surface area contributed by atoms with Crippen molar-refractivity contribution in [1.29, 1.82) is 0 Å². The van der Waals surface area contributed by atoms with Crippen molar-refractivity contribution in [3.8, 4) is 11.3 Å². The molecule has 1 aromatic heterocycles. The van der Waals surface area contributed by atoms with E-state index < -0.39 is 0 Å². The van der Waals surface area contributed by atoms with Gasteiger partial charge in [0.25, 0.3) is 0 Å². The first-order valence-electron chi connectivity index (χ1n) is 8.16. The highest BCUT2D eigenvalue weighted by atomic mass is 35.5. The van der Waals surface area contributed by atoms with Gasteiger partial charge in [-0.3, -0.25) is 4.79 Å². The minimum atomic E-state index is -0.00353. The zero-order chi connectivity index (χ0) is 16.2. The third-order valence-corrected chi connectivity index (χ3v) is 4.22. The van der Waals surface area contributed by atoms with Crippen LogP contribution in [0.15, 0.2) is 34.9 Å². The van der Waals surface area contributed by atoms with Crippen LogP contribution in [-0.4, -0.2) is 23.5 Å². The van der Waals surface area contributed by atoms with E-state index in [0.717, 1.165) is 11.3 Å². The van der Waals surface area contributed by atoms with Gasteiger partial charge in [0.15, 0.2) is 11.7 Å². The summed E-state index contributed by atoms with van der Waals surface area (Å²) in [6.07, 6.45) is 4.95. The summed E-state index contributed by atoms with van der Waals surface area (Å²) in [4.78, 5) is 16.1. The molecule has 1 fully saturated rings. The highest BCUT2D eigenvalue weighted by Crippen LogP contribution is 2.31. The van der Waals surface area contributed by atoms with Gasteiger partial charge in [-0.05, 0) is 25.7 Å². The molecule has 0 spiro atoms. The molecule has 1 unspecified atom stereocenters. The van der Waals surface area contributed by atoms with Crippen molar-refractivity contribution in [2.75, 3.05) is 6.54 Å². The molecule has 1 aliphatic rings. The van der Waals surface area contributed by atoms with E-state index in [0.29, 0.717) is 31.2 Å². The van der Waals surface area contributed by atoms with Gasteiger partial charge in [0.2, 0.25) is 5.91 Å². The lowest BCUT2D eigenvalue weighted by Crippen LogP contribution is -2.38. The molecule has 0 saturated heterocycles. The minimum Gasteiger partial charge on any atom is -0.441 e. The van der Waals surface area contributed by atoms with Gasteiger partial charge in [-0.1, -0.05) is 29.8 Å². The van der Waals surface area contributed by atoms with E-state index in [2.05, 4.69) is 10.3 Å². The number of hydrogen-bond donors (Lipinski definition) is 2. The Hall–Kier alpha value is -1.56. The number of nitrogens with two attached hydrogens (primary N) is 1. The number of aryl methyl sites for hydroxylation is 2. The molecule has 2 aromatic rings. The standard InChI is InChI=1S/C18H23N3O2.2ClH/c1-12-2-4-14(5-3-12)16-11-21-18(23-16)9-8-17(22)20-10-15(19)13-6-7-13;;/h2-5,11,13,15H,6-10,19H2,1H3,(H,20,22);2*1H. The van der Waals surface area contributed by atoms with Gasteiger partial charge in [0.1, 0.15) is 0 Å². The topological polar surface area (TPSA) is 81.2 Å². The molecular formula is C18H25Cl2N3O2. The van der Waals surface area contributed by atoms with Crippen molar-refractivity contribution in [3.05, 3.63) is 41.9 Å². The molecule has 0 radical (unpaired) electrons. The molecule has 1 atom stereocenters.